The van der Waals surface area contributed by atoms with E-state index in [0.29, 0.717) is 5.57 Å². The topological polar surface area (TPSA) is 22.3 Å². The van der Waals surface area contributed by atoms with Crippen LogP contribution in [0.25, 0.3) is 5.41 Å². The predicted octanol–water partition coefficient (Wildman–Crippen LogP) is 1.39. The van der Waals surface area contributed by atoms with Crippen LogP contribution in [0.5, 0.6) is 0 Å². The van der Waals surface area contributed by atoms with Gasteiger partial charge in [0.2, 0.25) is 0 Å². The molecule has 0 aromatic carbocycles. The summed E-state index contributed by atoms with van der Waals surface area (Å²) in [5, 5.41) is 8.38. The zero-order chi connectivity index (χ0) is 5.15. The molecule has 0 amide bonds. The monoisotopic (exact) mass is 265 g/mol. The molecule has 0 rings (SSSR count). The minimum atomic E-state index is 0. The summed E-state index contributed by atoms with van der Waals surface area (Å²) in [4.78, 5) is 0. The van der Waals surface area contributed by atoms with Crippen molar-refractivity contribution in [3.05, 3.63) is 17.6 Å². The molecule has 0 bridgehead atoms. The number of nitrogens with zero attached hydrogens (tertiary/aromatic N) is 1. The molecule has 0 unspecified atom stereocenters. The zero-order valence-electron chi connectivity index (χ0n) is 4.43. The number of hydrogen-bond acceptors (Lipinski definition) is 0. The van der Waals surface area contributed by atoms with Crippen LogP contribution in [0.1, 0.15) is 13.8 Å². The van der Waals surface area contributed by atoms with Crippen molar-refractivity contribution in [2.45, 2.75) is 13.8 Å². The molecule has 0 spiro atoms. The van der Waals surface area contributed by atoms with E-state index in [1.165, 1.54) is 0 Å². The van der Waals surface area contributed by atoms with Crippen molar-refractivity contribution in [1.82, 2.24) is 0 Å². The molecule has 7 heavy (non-hydrogen) atoms. The molecule has 0 saturated carbocycles. The van der Waals surface area contributed by atoms with E-state index in [0.717, 1.165) is 0 Å². The van der Waals surface area contributed by atoms with E-state index in [9.17, 15) is 0 Å². The van der Waals surface area contributed by atoms with Gasteiger partial charge in [-0.1, -0.05) is 6.92 Å². The first-order chi connectivity index (χ1) is 2.64. The molecule has 1 nitrogen and oxygen atoms in total. The largest absolute Gasteiger partial charge is 2.00 e. The number of hydrogen-bond donors (Lipinski definition) is 0. The average Bonchev–Trinajstić information content (AvgIpc) is 1.36. The molecular weight excluding hydrogens is 258 g/mol. The van der Waals surface area contributed by atoms with E-state index in [4.69, 9.17) is 12.0 Å². The Morgan fingerprint density at radius 3 is 1.57 bits per heavy atom. The van der Waals surface area contributed by atoms with Gasteiger partial charge in [0.25, 0.3) is 0 Å². The summed E-state index contributed by atoms with van der Waals surface area (Å²) in [6.45, 7) is 8.26. The normalized spacial score (nSPS) is 6.57. The van der Waals surface area contributed by atoms with Crippen LogP contribution in [0.3, 0.4) is 0 Å². The molecule has 0 aromatic heterocycles. The van der Waals surface area contributed by atoms with Gasteiger partial charge in [0, 0.05) is 0 Å². The zero-order valence-corrected chi connectivity index (χ0v) is 7.37. The molecule has 0 N–H and O–H groups in total. The van der Waals surface area contributed by atoms with Crippen LogP contribution >= 0.6 is 0 Å². The summed E-state index contributed by atoms with van der Waals surface area (Å²) in [5.74, 6) is 0. The molecule has 0 fully saturated rings. The number of rotatable bonds is 1. The Balaban J connectivity index is 0. The van der Waals surface area contributed by atoms with Gasteiger partial charge in [-0.3, -0.25) is 12.2 Å². The fourth-order valence-corrected chi connectivity index (χ4v) is 0. The maximum Gasteiger partial charge on any atom is 2.00 e. The van der Waals surface area contributed by atoms with Crippen LogP contribution in [0.15, 0.2) is 5.57 Å². The fourth-order valence-electron chi connectivity index (χ4n) is 0. The second-order valence-corrected chi connectivity index (χ2v) is 1.27. The molecule has 0 radical (unpaired) electrons. The molecule has 0 aromatic rings. The third-order valence-corrected chi connectivity index (χ3v) is 0.571. The van der Waals surface area contributed by atoms with E-state index >= 15 is 0 Å². The Labute approximate surface area is 58.6 Å². The molecule has 0 saturated heterocycles. The maximum atomic E-state index is 8.38. The van der Waals surface area contributed by atoms with Crippen LogP contribution in [0.2, 0.25) is 0 Å². The van der Waals surface area contributed by atoms with Crippen molar-refractivity contribution in [2.24, 2.45) is 0 Å². The Hall–Kier alpha value is 0.0983. The van der Waals surface area contributed by atoms with Gasteiger partial charge in [-0.05, 0) is 0 Å². The van der Waals surface area contributed by atoms with Gasteiger partial charge in [0.05, 0.1) is 0 Å². The summed E-state index contributed by atoms with van der Waals surface area (Å²) in [6, 6.07) is 0. The van der Waals surface area contributed by atoms with Crippen LogP contribution in [-0.2, 0) is 21.1 Å². The van der Waals surface area contributed by atoms with Crippen molar-refractivity contribution in [3.63, 3.8) is 0 Å². The van der Waals surface area contributed by atoms with Gasteiger partial charge in [-0.15, -0.1) is 6.92 Å². The fraction of sp³-hybridized carbons (Fsp3) is 0.400. The SMILES string of the molecule is [CH-]=C(C)C(C)=[N-].[W+2]. The average molecular weight is 265 g/mol. The molecule has 2 heteroatoms. The van der Waals surface area contributed by atoms with Gasteiger partial charge in [-0.25, -0.2) is 0 Å². The third kappa shape index (κ3) is 6.10. The summed E-state index contributed by atoms with van der Waals surface area (Å²) in [5.41, 5.74) is 0.685. The number of allylic oxidation sites excluding steroid dienone is 1. The van der Waals surface area contributed by atoms with Gasteiger partial charge in [0.15, 0.2) is 0 Å². The van der Waals surface area contributed by atoms with Gasteiger partial charge >= 0.3 is 21.1 Å². The van der Waals surface area contributed by atoms with E-state index in [1.807, 2.05) is 0 Å². The Bertz CT molecular complexity index is 74.1. The summed E-state index contributed by atoms with van der Waals surface area (Å²) in [6.07, 6.45) is 0. The van der Waals surface area contributed by atoms with Gasteiger partial charge in [-0.2, -0.15) is 0 Å². The summed E-state index contributed by atoms with van der Waals surface area (Å²) >= 11 is 0. The molecule has 0 heterocycles. The van der Waals surface area contributed by atoms with Crippen molar-refractivity contribution < 1.29 is 21.1 Å². The maximum absolute atomic E-state index is 8.38. The molecule has 38 valence electrons. The Morgan fingerprint density at radius 1 is 1.43 bits per heavy atom. The Kier molecular flexibility index (Phi) is 6.18. The molecule has 0 aliphatic heterocycles. The molecule has 0 aliphatic carbocycles. The second-order valence-electron chi connectivity index (χ2n) is 1.27. The second kappa shape index (κ2) is 4.26. The van der Waals surface area contributed by atoms with Crippen LogP contribution in [0, 0.1) is 6.58 Å². The smallest absolute Gasteiger partial charge is 0.908 e. The Morgan fingerprint density at radius 2 is 1.57 bits per heavy atom. The first-order valence-corrected chi connectivity index (χ1v) is 1.76. The van der Waals surface area contributed by atoms with Crippen molar-refractivity contribution in [1.29, 1.82) is 0 Å². The standard InChI is InChI=1S/C5H7N.W/c1-4(2)5(3)6;/h1H,2-3H3;/q-2;+2. The van der Waals surface area contributed by atoms with Crippen molar-refractivity contribution in [2.75, 3.05) is 0 Å². The molecule has 0 atom stereocenters. The minimum Gasteiger partial charge on any atom is -0.908 e. The first-order valence-electron chi connectivity index (χ1n) is 1.76. The van der Waals surface area contributed by atoms with E-state index < -0.39 is 0 Å². The van der Waals surface area contributed by atoms with E-state index in [1.54, 1.807) is 13.8 Å². The van der Waals surface area contributed by atoms with Crippen LogP contribution < -0.4 is 0 Å². The first kappa shape index (κ1) is 10.2. The third-order valence-electron chi connectivity index (χ3n) is 0.571. The summed E-state index contributed by atoms with van der Waals surface area (Å²) in [7, 11) is 0. The van der Waals surface area contributed by atoms with E-state index in [-0.39, 0.29) is 26.8 Å². The van der Waals surface area contributed by atoms with Crippen LogP contribution in [0.4, 0.5) is 0 Å². The van der Waals surface area contributed by atoms with E-state index in [2.05, 4.69) is 0 Å². The van der Waals surface area contributed by atoms with Gasteiger partial charge in [0.1, 0.15) is 0 Å². The molecular formula is C5H7NW. The quantitative estimate of drug-likeness (QED) is 0.505. The molecule has 0 aliphatic rings. The van der Waals surface area contributed by atoms with Crippen LogP contribution in [-0.4, -0.2) is 5.71 Å². The van der Waals surface area contributed by atoms with Gasteiger partial charge < -0.3 is 11.1 Å². The summed E-state index contributed by atoms with van der Waals surface area (Å²) < 4.78 is 0. The minimum absolute atomic E-state index is 0. The predicted molar refractivity (Wildman–Crippen MR) is 27.5 cm³/mol. The van der Waals surface area contributed by atoms with Crippen molar-refractivity contribution in [3.8, 4) is 0 Å². The van der Waals surface area contributed by atoms with Crippen molar-refractivity contribution >= 4 is 5.71 Å².